The number of carboxylic acid groups (broad SMARTS) is 1. The van der Waals surface area contributed by atoms with E-state index in [2.05, 4.69) is 4.98 Å². The molecule has 2 N–H and O–H groups in total. The number of carbonyl (C=O) groups is 2. The molecule has 3 aromatic rings. The predicted octanol–water partition coefficient (Wildman–Crippen LogP) is 3.28. The van der Waals surface area contributed by atoms with E-state index in [1.54, 1.807) is 50.4 Å². The molecular formula is C21H20N2O4. The third kappa shape index (κ3) is 3.52. The number of aliphatic hydroxyl groups excluding tert-OH is 1. The minimum absolute atomic E-state index is 0.182. The number of nitrogens with zero attached hydrogens (tertiary/aromatic N) is 2. The Hall–Kier alpha value is -3.25. The van der Waals surface area contributed by atoms with Crippen LogP contribution < -0.4 is 0 Å². The maximum atomic E-state index is 12.6. The van der Waals surface area contributed by atoms with Gasteiger partial charge in [0.05, 0.1) is 5.56 Å². The Balaban J connectivity index is 2.05. The molecule has 0 fully saturated rings. The molecular weight excluding hydrogens is 344 g/mol. The Morgan fingerprint density at radius 3 is 2.22 bits per heavy atom. The van der Waals surface area contributed by atoms with Crippen molar-refractivity contribution in [3.8, 4) is 0 Å². The molecule has 1 unspecified atom stereocenters. The third-order valence-electron chi connectivity index (χ3n) is 4.67. The first-order valence-electron chi connectivity index (χ1n) is 8.45. The van der Waals surface area contributed by atoms with Crippen molar-refractivity contribution in [2.75, 3.05) is 0 Å². The van der Waals surface area contributed by atoms with Crippen LogP contribution in [0.5, 0.6) is 0 Å². The topological polar surface area (TPSA) is 92.4 Å². The molecule has 0 saturated heterocycles. The summed E-state index contributed by atoms with van der Waals surface area (Å²) < 4.78 is 1.37. The van der Waals surface area contributed by atoms with Crippen LogP contribution in [0.1, 0.15) is 54.6 Å². The predicted molar refractivity (Wildman–Crippen MR) is 100 cm³/mol. The molecule has 1 atom stereocenters. The van der Waals surface area contributed by atoms with Gasteiger partial charge in [-0.1, -0.05) is 6.07 Å². The van der Waals surface area contributed by atoms with Gasteiger partial charge in [0.1, 0.15) is 12.4 Å². The van der Waals surface area contributed by atoms with Gasteiger partial charge in [0.15, 0.2) is 0 Å². The molecule has 138 valence electrons. The second kappa shape index (κ2) is 7.17. The molecule has 0 spiro atoms. The van der Waals surface area contributed by atoms with Crippen molar-refractivity contribution < 1.29 is 19.8 Å². The number of aryl methyl sites for hydroxylation is 3. The van der Waals surface area contributed by atoms with Gasteiger partial charge < -0.3 is 10.2 Å². The van der Waals surface area contributed by atoms with E-state index in [1.165, 1.54) is 17.1 Å². The number of carbonyl (C=O) groups excluding carboxylic acids is 1. The molecule has 0 radical (unpaired) electrons. The SMILES string of the molecule is Cc1ccc(C(=O)n2ccnc2)cc1C(O)c1c(C)cc(C(=O)O)cc1C. The Morgan fingerprint density at radius 1 is 1.00 bits per heavy atom. The monoisotopic (exact) mass is 364 g/mol. The Labute approximate surface area is 156 Å². The number of aromatic carboxylic acids is 1. The van der Waals surface area contributed by atoms with Crippen molar-refractivity contribution in [1.29, 1.82) is 0 Å². The van der Waals surface area contributed by atoms with Crippen LogP contribution in [-0.2, 0) is 0 Å². The van der Waals surface area contributed by atoms with E-state index in [-0.39, 0.29) is 11.5 Å². The summed E-state index contributed by atoms with van der Waals surface area (Å²) in [5, 5.41) is 20.2. The van der Waals surface area contributed by atoms with Crippen molar-refractivity contribution >= 4 is 11.9 Å². The summed E-state index contributed by atoms with van der Waals surface area (Å²) in [7, 11) is 0. The molecule has 1 heterocycles. The van der Waals surface area contributed by atoms with Crippen molar-refractivity contribution in [2.45, 2.75) is 26.9 Å². The second-order valence-electron chi connectivity index (χ2n) is 6.58. The number of aromatic nitrogens is 2. The summed E-state index contributed by atoms with van der Waals surface area (Å²) in [5.41, 5.74) is 4.08. The molecule has 3 rings (SSSR count). The molecule has 0 amide bonds. The number of rotatable bonds is 4. The van der Waals surface area contributed by atoms with Crippen LogP contribution >= 0.6 is 0 Å². The second-order valence-corrected chi connectivity index (χ2v) is 6.58. The number of hydrogen-bond acceptors (Lipinski definition) is 4. The fourth-order valence-corrected chi connectivity index (χ4v) is 3.28. The summed E-state index contributed by atoms with van der Waals surface area (Å²) in [6.07, 6.45) is 3.55. The molecule has 1 aromatic heterocycles. The van der Waals surface area contributed by atoms with Gasteiger partial charge in [0.25, 0.3) is 5.91 Å². The quantitative estimate of drug-likeness (QED) is 0.741. The molecule has 0 aliphatic carbocycles. The van der Waals surface area contributed by atoms with Gasteiger partial charge in [-0.05, 0) is 72.9 Å². The summed E-state index contributed by atoms with van der Waals surface area (Å²) in [6.45, 7) is 5.40. The van der Waals surface area contributed by atoms with E-state index in [9.17, 15) is 19.8 Å². The smallest absolute Gasteiger partial charge is 0.335 e. The van der Waals surface area contributed by atoms with E-state index < -0.39 is 12.1 Å². The first-order chi connectivity index (χ1) is 12.8. The van der Waals surface area contributed by atoms with Crippen LogP contribution in [0.2, 0.25) is 0 Å². The molecule has 0 saturated carbocycles. The maximum Gasteiger partial charge on any atom is 0.335 e. The third-order valence-corrected chi connectivity index (χ3v) is 4.67. The summed E-state index contributed by atoms with van der Waals surface area (Å²) in [6, 6.07) is 8.26. The zero-order valence-electron chi connectivity index (χ0n) is 15.3. The zero-order chi connectivity index (χ0) is 19.7. The van der Waals surface area contributed by atoms with Gasteiger partial charge in [-0.15, -0.1) is 0 Å². The van der Waals surface area contributed by atoms with Crippen LogP contribution in [0.15, 0.2) is 49.1 Å². The lowest BCUT2D eigenvalue weighted by Gasteiger charge is -2.20. The molecule has 27 heavy (non-hydrogen) atoms. The Morgan fingerprint density at radius 2 is 1.67 bits per heavy atom. The first-order valence-corrected chi connectivity index (χ1v) is 8.45. The maximum absolute atomic E-state index is 12.6. The van der Waals surface area contributed by atoms with Crippen LogP contribution in [0.4, 0.5) is 0 Å². The highest BCUT2D eigenvalue weighted by Crippen LogP contribution is 2.31. The van der Waals surface area contributed by atoms with Gasteiger partial charge in [0.2, 0.25) is 0 Å². The van der Waals surface area contributed by atoms with Crippen molar-refractivity contribution in [3.05, 3.63) is 88.0 Å². The molecule has 6 nitrogen and oxygen atoms in total. The van der Waals surface area contributed by atoms with E-state index >= 15 is 0 Å². The fraction of sp³-hybridized carbons (Fsp3) is 0.190. The highest BCUT2D eigenvalue weighted by molar-refractivity contribution is 5.96. The lowest BCUT2D eigenvalue weighted by atomic mass is 9.89. The Bertz CT molecular complexity index is 1000. The van der Waals surface area contributed by atoms with Gasteiger partial charge in [-0.3, -0.25) is 9.36 Å². The van der Waals surface area contributed by atoms with Gasteiger partial charge >= 0.3 is 5.97 Å². The first kappa shape index (κ1) is 18.5. The Kier molecular flexibility index (Phi) is 4.92. The fourth-order valence-electron chi connectivity index (χ4n) is 3.28. The lowest BCUT2D eigenvalue weighted by molar-refractivity contribution is 0.0696. The highest BCUT2D eigenvalue weighted by atomic mass is 16.4. The average Bonchev–Trinajstić information content (AvgIpc) is 3.15. The van der Waals surface area contributed by atoms with Gasteiger partial charge in [-0.25, -0.2) is 9.78 Å². The summed E-state index contributed by atoms with van der Waals surface area (Å²) in [4.78, 5) is 27.7. The normalized spacial score (nSPS) is 12.0. The zero-order valence-corrected chi connectivity index (χ0v) is 15.3. The van der Waals surface area contributed by atoms with E-state index in [0.29, 0.717) is 27.8 Å². The van der Waals surface area contributed by atoms with Crippen LogP contribution in [0.25, 0.3) is 0 Å². The summed E-state index contributed by atoms with van der Waals surface area (Å²) >= 11 is 0. The van der Waals surface area contributed by atoms with Crippen molar-refractivity contribution in [1.82, 2.24) is 9.55 Å². The van der Waals surface area contributed by atoms with E-state index in [0.717, 1.165) is 5.56 Å². The van der Waals surface area contributed by atoms with Crippen LogP contribution in [-0.4, -0.2) is 31.6 Å². The molecule has 0 bridgehead atoms. The largest absolute Gasteiger partial charge is 0.478 e. The molecule has 6 heteroatoms. The number of carboxylic acids is 1. The summed E-state index contributed by atoms with van der Waals surface area (Å²) in [5.74, 6) is -1.25. The van der Waals surface area contributed by atoms with Gasteiger partial charge in [0, 0.05) is 18.0 Å². The number of benzene rings is 2. The van der Waals surface area contributed by atoms with Crippen molar-refractivity contribution in [3.63, 3.8) is 0 Å². The molecule has 0 aliphatic rings. The van der Waals surface area contributed by atoms with E-state index in [1.807, 2.05) is 6.92 Å². The number of aliphatic hydroxyl groups is 1. The number of hydrogen-bond donors (Lipinski definition) is 2. The molecule has 2 aromatic carbocycles. The molecule has 0 aliphatic heterocycles. The average molecular weight is 364 g/mol. The highest BCUT2D eigenvalue weighted by Gasteiger charge is 2.21. The minimum atomic E-state index is -1.01. The standard InChI is InChI=1S/C21H20N2O4/c1-12-4-5-15(20(25)23-7-6-22-11-23)10-17(12)19(24)18-13(2)8-16(21(26)27)9-14(18)3/h4-11,19,24H,1-3H3,(H,26,27). The lowest BCUT2D eigenvalue weighted by Crippen LogP contribution is -2.13. The minimum Gasteiger partial charge on any atom is -0.478 e. The van der Waals surface area contributed by atoms with E-state index in [4.69, 9.17) is 0 Å². The van der Waals surface area contributed by atoms with Gasteiger partial charge in [-0.2, -0.15) is 0 Å². The van der Waals surface area contributed by atoms with Crippen LogP contribution in [0.3, 0.4) is 0 Å². The number of imidazole rings is 1. The van der Waals surface area contributed by atoms with Crippen LogP contribution in [0, 0.1) is 20.8 Å². The van der Waals surface area contributed by atoms with Crippen molar-refractivity contribution in [2.24, 2.45) is 0 Å².